The van der Waals surface area contributed by atoms with Crippen LogP contribution < -0.4 is 16.0 Å². The van der Waals surface area contributed by atoms with E-state index in [9.17, 15) is 14.4 Å². The number of aryl methyl sites for hydroxylation is 1. The zero-order chi connectivity index (χ0) is 19.6. The molecule has 0 aliphatic heterocycles. The van der Waals surface area contributed by atoms with Crippen molar-refractivity contribution in [3.05, 3.63) is 58.6 Å². The first-order valence-corrected chi connectivity index (χ1v) is 9.02. The van der Waals surface area contributed by atoms with Crippen LogP contribution in [0.1, 0.15) is 12.0 Å². The molecule has 0 unspecified atom stereocenters. The third-order valence-electron chi connectivity index (χ3n) is 3.65. The predicted octanol–water partition coefficient (Wildman–Crippen LogP) is 3.31. The number of esters is 1. The number of rotatable bonds is 7. The molecule has 7 nitrogen and oxygen atoms in total. The SMILES string of the molecule is COC(=O)CNC(=O)CCc1ccccc1NC(=O)Nc1ccc(Br)cc1. The van der Waals surface area contributed by atoms with Crippen molar-refractivity contribution in [3.8, 4) is 0 Å². The van der Waals surface area contributed by atoms with Crippen molar-refractivity contribution in [1.82, 2.24) is 5.32 Å². The van der Waals surface area contributed by atoms with Crippen molar-refractivity contribution in [2.75, 3.05) is 24.3 Å². The molecule has 142 valence electrons. The fourth-order valence-electron chi connectivity index (χ4n) is 2.26. The second-order valence-electron chi connectivity index (χ2n) is 5.60. The molecule has 8 heteroatoms. The maximum Gasteiger partial charge on any atom is 0.325 e. The van der Waals surface area contributed by atoms with Crippen LogP contribution >= 0.6 is 15.9 Å². The Balaban J connectivity index is 1.90. The van der Waals surface area contributed by atoms with Gasteiger partial charge in [-0.05, 0) is 42.3 Å². The monoisotopic (exact) mass is 433 g/mol. The highest BCUT2D eigenvalue weighted by Crippen LogP contribution is 2.18. The summed E-state index contributed by atoms with van der Waals surface area (Å²) < 4.78 is 5.39. The molecule has 27 heavy (non-hydrogen) atoms. The summed E-state index contributed by atoms with van der Waals surface area (Å²) in [4.78, 5) is 35.1. The first kappa shape index (κ1) is 20.4. The Morgan fingerprint density at radius 1 is 1.00 bits per heavy atom. The van der Waals surface area contributed by atoms with Crippen LogP contribution in [0.4, 0.5) is 16.2 Å². The van der Waals surface area contributed by atoms with Gasteiger partial charge in [-0.2, -0.15) is 0 Å². The van der Waals surface area contributed by atoms with Gasteiger partial charge in [-0.3, -0.25) is 9.59 Å². The van der Waals surface area contributed by atoms with Gasteiger partial charge in [0.15, 0.2) is 0 Å². The van der Waals surface area contributed by atoms with Gasteiger partial charge in [0.1, 0.15) is 6.54 Å². The highest BCUT2D eigenvalue weighted by Gasteiger charge is 2.10. The second kappa shape index (κ2) is 10.3. The van der Waals surface area contributed by atoms with Crippen molar-refractivity contribution < 1.29 is 19.1 Å². The Hall–Kier alpha value is -2.87. The average molecular weight is 434 g/mol. The molecule has 0 heterocycles. The Labute approximate surface area is 165 Å². The minimum Gasteiger partial charge on any atom is -0.468 e. The number of anilines is 2. The van der Waals surface area contributed by atoms with E-state index in [0.29, 0.717) is 17.8 Å². The summed E-state index contributed by atoms with van der Waals surface area (Å²) >= 11 is 3.34. The second-order valence-corrected chi connectivity index (χ2v) is 6.51. The fourth-order valence-corrected chi connectivity index (χ4v) is 2.52. The molecule has 0 aliphatic carbocycles. The third-order valence-corrected chi connectivity index (χ3v) is 4.18. The highest BCUT2D eigenvalue weighted by atomic mass is 79.9. The Kier molecular flexibility index (Phi) is 7.81. The van der Waals surface area contributed by atoms with Crippen molar-refractivity contribution in [1.29, 1.82) is 0 Å². The number of benzene rings is 2. The number of hydrogen-bond acceptors (Lipinski definition) is 4. The standard InChI is InChI=1S/C19H20BrN3O4/c1-27-18(25)12-21-17(24)11-6-13-4-2-3-5-16(13)23-19(26)22-15-9-7-14(20)8-10-15/h2-5,7-10H,6,11-12H2,1H3,(H,21,24)(H2,22,23,26). The Morgan fingerprint density at radius 2 is 1.70 bits per heavy atom. The maximum absolute atomic E-state index is 12.2. The number of methoxy groups -OCH3 is 1. The molecule has 0 aromatic heterocycles. The molecular weight excluding hydrogens is 414 g/mol. The summed E-state index contributed by atoms with van der Waals surface area (Å²) in [5.41, 5.74) is 2.10. The van der Waals surface area contributed by atoms with E-state index in [1.807, 2.05) is 24.3 Å². The van der Waals surface area contributed by atoms with Crippen LogP contribution in [0.5, 0.6) is 0 Å². The van der Waals surface area contributed by atoms with Crippen LogP contribution in [-0.4, -0.2) is 31.6 Å². The minimum absolute atomic E-state index is 0.162. The van der Waals surface area contributed by atoms with Crippen molar-refractivity contribution >= 4 is 45.2 Å². The first-order chi connectivity index (χ1) is 13.0. The molecule has 0 atom stereocenters. The van der Waals surface area contributed by atoms with Gasteiger partial charge in [0.05, 0.1) is 7.11 Å². The predicted molar refractivity (Wildman–Crippen MR) is 107 cm³/mol. The average Bonchev–Trinajstić information content (AvgIpc) is 2.67. The van der Waals surface area contributed by atoms with E-state index in [4.69, 9.17) is 0 Å². The van der Waals surface area contributed by atoms with E-state index in [2.05, 4.69) is 36.6 Å². The number of carbonyl (C=O) groups is 3. The molecule has 0 fully saturated rings. The molecule has 3 amide bonds. The number of amides is 3. The fraction of sp³-hybridized carbons (Fsp3) is 0.211. The maximum atomic E-state index is 12.2. The molecule has 0 spiro atoms. The van der Waals surface area contributed by atoms with Crippen molar-refractivity contribution in [2.45, 2.75) is 12.8 Å². The van der Waals surface area contributed by atoms with Gasteiger partial charge in [0.25, 0.3) is 0 Å². The van der Waals surface area contributed by atoms with Crippen LogP contribution in [0.2, 0.25) is 0 Å². The van der Waals surface area contributed by atoms with Crippen LogP contribution in [0, 0.1) is 0 Å². The number of carbonyl (C=O) groups excluding carboxylic acids is 3. The van der Waals surface area contributed by atoms with Gasteiger partial charge >= 0.3 is 12.0 Å². The highest BCUT2D eigenvalue weighted by molar-refractivity contribution is 9.10. The topological polar surface area (TPSA) is 96.5 Å². The van der Waals surface area contributed by atoms with E-state index >= 15 is 0 Å². The third kappa shape index (κ3) is 7.10. The Morgan fingerprint density at radius 3 is 2.41 bits per heavy atom. The lowest BCUT2D eigenvalue weighted by Crippen LogP contribution is -2.30. The smallest absolute Gasteiger partial charge is 0.325 e. The van der Waals surface area contributed by atoms with Crippen molar-refractivity contribution in [2.24, 2.45) is 0 Å². The largest absolute Gasteiger partial charge is 0.468 e. The van der Waals surface area contributed by atoms with E-state index in [1.165, 1.54) is 7.11 Å². The zero-order valence-corrected chi connectivity index (χ0v) is 16.3. The number of halogens is 1. The summed E-state index contributed by atoms with van der Waals surface area (Å²) in [5, 5.41) is 8.02. The van der Waals surface area contributed by atoms with E-state index < -0.39 is 5.97 Å². The summed E-state index contributed by atoms with van der Waals surface area (Å²) in [6.45, 7) is -0.162. The minimum atomic E-state index is -0.505. The number of nitrogens with one attached hydrogen (secondary N) is 3. The van der Waals surface area contributed by atoms with Crippen LogP contribution in [0.3, 0.4) is 0 Å². The normalized spacial score (nSPS) is 10.0. The lowest BCUT2D eigenvalue weighted by molar-refractivity contribution is -0.141. The molecule has 0 saturated carbocycles. The molecule has 2 aromatic carbocycles. The first-order valence-electron chi connectivity index (χ1n) is 8.23. The van der Waals surface area contributed by atoms with Gasteiger partial charge in [-0.25, -0.2) is 4.79 Å². The van der Waals surface area contributed by atoms with Crippen LogP contribution in [-0.2, 0) is 20.7 Å². The molecule has 0 saturated heterocycles. The summed E-state index contributed by atoms with van der Waals surface area (Å²) in [6.07, 6.45) is 0.603. The Bertz CT molecular complexity index is 809. The summed E-state index contributed by atoms with van der Waals surface area (Å²) in [6, 6.07) is 14.1. The van der Waals surface area contributed by atoms with E-state index in [1.54, 1.807) is 24.3 Å². The molecule has 0 bridgehead atoms. The van der Waals surface area contributed by atoms with E-state index in [0.717, 1.165) is 10.0 Å². The van der Waals surface area contributed by atoms with Gasteiger partial charge in [0, 0.05) is 22.3 Å². The van der Waals surface area contributed by atoms with Gasteiger partial charge in [0.2, 0.25) is 5.91 Å². The van der Waals surface area contributed by atoms with Crippen LogP contribution in [0.25, 0.3) is 0 Å². The molecule has 0 aliphatic rings. The zero-order valence-electron chi connectivity index (χ0n) is 14.8. The quantitative estimate of drug-likeness (QED) is 0.583. The molecule has 0 radical (unpaired) electrons. The summed E-state index contributed by atoms with van der Waals surface area (Å²) in [5.74, 6) is -0.774. The number of ether oxygens (including phenoxy) is 1. The lowest BCUT2D eigenvalue weighted by Gasteiger charge is -2.12. The number of hydrogen-bond donors (Lipinski definition) is 3. The van der Waals surface area contributed by atoms with Gasteiger partial charge in [-0.15, -0.1) is 0 Å². The van der Waals surface area contributed by atoms with Gasteiger partial charge < -0.3 is 20.7 Å². The molecule has 2 aromatic rings. The lowest BCUT2D eigenvalue weighted by atomic mass is 10.1. The number of urea groups is 1. The molecular formula is C19H20BrN3O4. The number of para-hydroxylation sites is 1. The summed E-state index contributed by atoms with van der Waals surface area (Å²) in [7, 11) is 1.26. The van der Waals surface area contributed by atoms with E-state index in [-0.39, 0.29) is 24.9 Å². The molecule has 2 rings (SSSR count). The van der Waals surface area contributed by atoms with Crippen molar-refractivity contribution in [3.63, 3.8) is 0 Å². The molecule has 3 N–H and O–H groups in total. The van der Waals surface area contributed by atoms with Crippen LogP contribution in [0.15, 0.2) is 53.0 Å². The van der Waals surface area contributed by atoms with Gasteiger partial charge in [-0.1, -0.05) is 34.1 Å².